The van der Waals surface area contributed by atoms with Crippen LogP contribution in [0, 0.1) is 6.92 Å². The highest BCUT2D eigenvalue weighted by Gasteiger charge is 2.18. The van der Waals surface area contributed by atoms with Gasteiger partial charge in [0.05, 0.1) is 18.8 Å². The van der Waals surface area contributed by atoms with Crippen LogP contribution in [0.15, 0.2) is 84.0 Å². The number of hydrogen-bond donors (Lipinski definition) is 1. The van der Waals surface area contributed by atoms with Crippen LogP contribution < -0.4 is 9.47 Å². The third kappa shape index (κ3) is 6.18. The van der Waals surface area contributed by atoms with Crippen LogP contribution >= 0.6 is 11.8 Å². The molecule has 4 rings (SSSR count). The summed E-state index contributed by atoms with van der Waals surface area (Å²) >= 11 is 1.48. The molecule has 0 amide bonds. The van der Waals surface area contributed by atoms with E-state index >= 15 is 0 Å². The molecular weight excluding hydrogens is 446 g/mol. The molecule has 0 aliphatic heterocycles. The molecule has 1 N–H and O–H groups in total. The van der Waals surface area contributed by atoms with Crippen molar-refractivity contribution in [1.29, 1.82) is 0 Å². The molecular formula is C27H29N3O3S. The van der Waals surface area contributed by atoms with Gasteiger partial charge in [-0.3, -0.25) is 0 Å². The Morgan fingerprint density at radius 3 is 2.56 bits per heavy atom. The third-order valence-electron chi connectivity index (χ3n) is 5.37. The smallest absolute Gasteiger partial charge is 0.191 e. The van der Waals surface area contributed by atoms with E-state index in [4.69, 9.17) is 9.47 Å². The van der Waals surface area contributed by atoms with Gasteiger partial charge in [-0.1, -0.05) is 66.4 Å². The fraction of sp³-hybridized carbons (Fsp3) is 0.259. The van der Waals surface area contributed by atoms with Gasteiger partial charge in [0.25, 0.3) is 0 Å². The Morgan fingerprint density at radius 1 is 0.971 bits per heavy atom. The van der Waals surface area contributed by atoms with Gasteiger partial charge in [-0.05, 0) is 48.7 Å². The summed E-state index contributed by atoms with van der Waals surface area (Å²) < 4.78 is 13.4. The van der Waals surface area contributed by atoms with Crippen LogP contribution in [0.1, 0.15) is 11.1 Å². The molecule has 0 spiro atoms. The molecule has 0 radical (unpaired) electrons. The number of aryl methyl sites for hydroxylation is 2. The molecule has 1 aromatic heterocycles. The Balaban J connectivity index is 1.48. The quantitative estimate of drug-likeness (QED) is 0.307. The highest BCUT2D eigenvalue weighted by Crippen LogP contribution is 2.31. The summed E-state index contributed by atoms with van der Waals surface area (Å²) in [6, 6.07) is 26.0. The van der Waals surface area contributed by atoms with Crippen molar-refractivity contribution in [3.05, 3.63) is 90.0 Å². The number of para-hydroxylation sites is 1. The number of aliphatic hydroxyl groups is 1. The third-order valence-corrected chi connectivity index (χ3v) is 6.48. The van der Waals surface area contributed by atoms with Gasteiger partial charge in [-0.2, -0.15) is 0 Å². The number of ether oxygens (including phenoxy) is 2. The Hall–Kier alpha value is -3.29. The summed E-state index contributed by atoms with van der Waals surface area (Å²) in [7, 11) is 1.66. The summed E-state index contributed by atoms with van der Waals surface area (Å²) in [5, 5.41) is 20.2. The van der Waals surface area contributed by atoms with Crippen molar-refractivity contribution in [2.45, 2.75) is 31.1 Å². The molecule has 4 aromatic rings. The number of nitrogens with zero attached hydrogens (tertiary/aromatic N) is 3. The molecule has 0 aliphatic carbocycles. The van der Waals surface area contributed by atoms with E-state index in [0.29, 0.717) is 12.3 Å². The van der Waals surface area contributed by atoms with Crippen LogP contribution in [0.2, 0.25) is 0 Å². The second kappa shape index (κ2) is 11.7. The molecule has 0 saturated carbocycles. The maximum absolute atomic E-state index is 10.5. The standard InChI is InChI=1S/C27H29N3O3S/c1-20-9-8-12-23(17-20)33-18-22(31)19-34-27-29-28-26(24-13-6-7-14-25(24)32-2)30(27)16-15-21-10-4-3-5-11-21/h3-14,17,22,31H,15-16,18-19H2,1-2H3. The Morgan fingerprint density at radius 2 is 1.76 bits per heavy atom. The minimum atomic E-state index is -0.639. The van der Waals surface area contributed by atoms with Gasteiger partial charge in [-0.15, -0.1) is 10.2 Å². The van der Waals surface area contributed by atoms with Crippen LogP contribution in [0.25, 0.3) is 11.4 Å². The summed E-state index contributed by atoms with van der Waals surface area (Å²) in [5.41, 5.74) is 3.25. The molecule has 0 fully saturated rings. The van der Waals surface area contributed by atoms with Gasteiger partial charge in [0.15, 0.2) is 11.0 Å². The van der Waals surface area contributed by atoms with Crippen LogP contribution in [-0.4, -0.2) is 45.4 Å². The number of thioether (sulfide) groups is 1. The predicted octanol–water partition coefficient (Wildman–Crippen LogP) is 5.04. The molecule has 176 valence electrons. The van der Waals surface area contributed by atoms with Crippen molar-refractivity contribution in [3.63, 3.8) is 0 Å². The molecule has 1 heterocycles. The lowest BCUT2D eigenvalue weighted by molar-refractivity contribution is 0.126. The highest BCUT2D eigenvalue weighted by atomic mass is 32.2. The molecule has 1 unspecified atom stereocenters. The van der Waals surface area contributed by atoms with E-state index in [0.717, 1.165) is 40.0 Å². The van der Waals surface area contributed by atoms with Gasteiger partial charge in [0.2, 0.25) is 0 Å². The van der Waals surface area contributed by atoms with Gasteiger partial charge in [-0.25, -0.2) is 0 Å². The van der Waals surface area contributed by atoms with Crippen molar-refractivity contribution in [2.24, 2.45) is 0 Å². The summed E-state index contributed by atoms with van der Waals surface area (Å²) in [5.74, 6) is 2.70. The first-order valence-electron chi connectivity index (χ1n) is 11.2. The van der Waals surface area contributed by atoms with Crippen LogP contribution in [0.4, 0.5) is 0 Å². The lowest BCUT2D eigenvalue weighted by atomic mass is 10.1. The molecule has 0 saturated heterocycles. The normalized spacial score (nSPS) is 11.9. The predicted molar refractivity (Wildman–Crippen MR) is 136 cm³/mol. The Kier molecular flexibility index (Phi) is 8.22. The molecule has 6 nitrogen and oxygen atoms in total. The lowest BCUT2D eigenvalue weighted by Gasteiger charge is -2.14. The topological polar surface area (TPSA) is 69.4 Å². The number of benzene rings is 3. The van der Waals surface area contributed by atoms with E-state index in [9.17, 15) is 5.11 Å². The minimum absolute atomic E-state index is 0.216. The number of hydrogen-bond acceptors (Lipinski definition) is 6. The first-order valence-corrected chi connectivity index (χ1v) is 12.2. The van der Waals surface area contributed by atoms with Crippen molar-refractivity contribution in [3.8, 4) is 22.9 Å². The number of aliphatic hydroxyl groups excluding tert-OH is 1. The van der Waals surface area contributed by atoms with Crippen LogP contribution in [0.3, 0.4) is 0 Å². The van der Waals surface area contributed by atoms with Crippen molar-refractivity contribution in [2.75, 3.05) is 19.5 Å². The van der Waals surface area contributed by atoms with Crippen molar-refractivity contribution >= 4 is 11.8 Å². The van der Waals surface area contributed by atoms with E-state index in [1.807, 2.05) is 73.7 Å². The lowest BCUT2D eigenvalue weighted by Crippen LogP contribution is -2.20. The fourth-order valence-corrected chi connectivity index (χ4v) is 4.50. The van der Waals surface area contributed by atoms with Crippen molar-refractivity contribution in [1.82, 2.24) is 14.8 Å². The maximum Gasteiger partial charge on any atom is 0.191 e. The van der Waals surface area contributed by atoms with E-state index < -0.39 is 6.10 Å². The second-order valence-corrected chi connectivity index (χ2v) is 8.97. The zero-order valence-corrected chi connectivity index (χ0v) is 20.2. The van der Waals surface area contributed by atoms with E-state index in [2.05, 4.69) is 26.9 Å². The molecule has 7 heteroatoms. The van der Waals surface area contributed by atoms with Gasteiger partial charge in [0, 0.05) is 12.3 Å². The van der Waals surface area contributed by atoms with Gasteiger partial charge >= 0.3 is 0 Å². The number of rotatable bonds is 11. The van der Waals surface area contributed by atoms with Crippen molar-refractivity contribution < 1.29 is 14.6 Å². The summed E-state index contributed by atoms with van der Waals surface area (Å²) in [6.07, 6.45) is 0.202. The zero-order chi connectivity index (χ0) is 23.8. The first-order chi connectivity index (χ1) is 16.6. The number of aromatic nitrogens is 3. The average Bonchev–Trinajstić information content (AvgIpc) is 3.28. The first kappa shape index (κ1) is 23.9. The highest BCUT2D eigenvalue weighted by molar-refractivity contribution is 7.99. The molecule has 34 heavy (non-hydrogen) atoms. The number of methoxy groups -OCH3 is 1. The summed E-state index contributed by atoms with van der Waals surface area (Å²) in [4.78, 5) is 0. The van der Waals surface area contributed by atoms with Crippen LogP contribution in [0.5, 0.6) is 11.5 Å². The molecule has 0 aliphatic rings. The largest absolute Gasteiger partial charge is 0.496 e. The van der Waals surface area contributed by atoms with Gasteiger partial charge < -0.3 is 19.1 Å². The average molecular weight is 476 g/mol. The zero-order valence-electron chi connectivity index (χ0n) is 19.4. The van der Waals surface area contributed by atoms with E-state index in [1.54, 1.807) is 7.11 Å². The van der Waals surface area contributed by atoms with Gasteiger partial charge in [0.1, 0.15) is 18.1 Å². The minimum Gasteiger partial charge on any atom is -0.496 e. The van der Waals surface area contributed by atoms with E-state index in [-0.39, 0.29) is 6.61 Å². The second-order valence-electron chi connectivity index (χ2n) is 7.99. The Labute approximate surface area is 204 Å². The monoisotopic (exact) mass is 475 g/mol. The fourth-order valence-electron chi connectivity index (χ4n) is 3.63. The Bertz CT molecular complexity index is 1200. The summed E-state index contributed by atoms with van der Waals surface area (Å²) in [6.45, 7) is 2.94. The van der Waals surface area contributed by atoms with E-state index in [1.165, 1.54) is 17.3 Å². The molecule has 1 atom stereocenters. The maximum atomic E-state index is 10.5. The molecule has 3 aromatic carbocycles. The molecule has 0 bridgehead atoms. The van der Waals surface area contributed by atoms with Crippen LogP contribution in [-0.2, 0) is 13.0 Å². The SMILES string of the molecule is COc1ccccc1-c1nnc(SCC(O)COc2cccc(C)c2)n1CCc1ccccc1.